The van der Waals surface area contributed by atoms with E-state index in [1.54, 1.807) is 41.5 Å². The number of alkyl carbamates (subject to hydrolysis) is 1. The Labute approximate surface area is 124 Å². The molecule has 0 bridgehead atoms. The zero-order valence-corrected chi connectivity index (χ0v) is 13.7. The molecule has 0 heterocycles. The number of nitrogens with one attached hydrogen (secondary N) is 1. The summed E-state index contributed by atoms with van der Waals surface area (Å²) in [5.74, 6) is -1.25. The van der Waals surface area contributed by atoms with Gasteiger partial charge in [-0.3, -0.25) is 0 Å². The lowest BCUT2D eigenvalue weighted by Gasteiger charge is -2.29. The maximum Gasteiger partial charge on any atom is 0.408 e. The van der Waals surface area contributed by atoms with Gasteiger partial charge in [0.05, 0.1) is 6.04 Å². The minimum Gasteiger partial charge on any atom is -0.457 e. The molecule has 0 fully saturated rings. The van der Waals surface area contributed by atoms with Crippen molar-refractivity contribution in [3.8, 4) is 0 Å². The number of hydrogen-bond acceptors (Lipinski definition) is 4. The number of carbonyl (C=O) groups is 2. The maximum atomic E-state index is 14.2. The second-order valence-corrected chi connectivity index (χ2v) is 7.04. The summed E-state index contributed by atoms with van der Waals surface area (Å²) in [4.78, 5) is 23.2. The van der Waals surface area contributed by atoms with E-state index in [0.29, 0.717) is 0 Å². The number of hydrogen-bond donors (Lipinski definition) is 1. The number of alkyl halides is 2. The first-order valence-corrected chi connectivity index (χ1v) is 6.64. The van der Waals surface area contributed by atoms with Gasteiger partial charge in [-0.05, 0) is 48.5 Å². The van der Waals surface area contributed by atoms with Gasteiger partial charge in [0.15, 0.2) is 0 Å². The van der Waals surface area contributed by atoms with E-state index in [1.165, 1.54) is 6.92 Å². The van der Waals surface area contributed by atoms with E-state index in [2.05, 4.69) is 5.32 Å². The molecule has 0 rings (SSSR count). The van der Waals surface area contributed by atoms with E-state index < -0.39 is 34.4 Å². The first-order valence-electron chi connectivity index (χ1n) is 6.26. The van der Waals surface area contributed by atoms with Crippen molar-refractivity contribution in [2.24, 2.45) is 0 Å². The molecule has 0 unspecified atom stereocenters. The monoisotopic (exact) mass is 311 g/mol. The van der Waals surface area contributed by atoms with Crippen molar-refractivity contribution in [1.29, 1.82) is 0 Å². The molecule has 1 N–H and O–H groups in total. The molecule has 0 aliphatic heterocycles. The van der Waals surface area contributed by atoms with Crippen molar-refractivity contribution in [1.82, 2.24) is 5.32 Å². The Balaban J connectivity index is 4.70. The van der Waals surface area contributed by atoms with Crippen LogP contribution in [0.15, 0.2) is 0 Å². The van der Waals surface area contributed by atoms with E-state index >= 15 is 0 Å². The minimum atomic E-state index is -2.87. The van der Waals surface area contributed by atoms with Crippen LogP contribution in [-0.2, 0) is 14.3 Å². The van der Waals surface area contributed by atoms with Gasteiger partial charge in [0.2, 0.25) is 0 Å². The van der Waals surface area contributed by atoms with Crippen molar-refractivity contribution in [2.45, 2.75) is 70.8 Å². The molecule has 20 heavy (non-hydrogen) atoms. The molecule has 0 aliphatic rings. The Morgan fingerprint density at radius 1 is 1.05 bits per heavy atom. The number of amides is 1. The lowest BCUT2D eigenvalue weighted by atomic mass is 10.1. The molecule has 118 valence electrons. The van der Waals surface area contributed by atoms with Crippen molar-refractivity contribution in [3.63, 3.8) is 0 Å². The number of esters is 1. The van der Waals surface area contributed by atoms with E-state index in [1.807, 2.05) is 0 Å². The first kappa shape index (κ1) is 19.0. The van der Waals surface area contributed by atoms with E-state index in [0.717, 1.165) is 0 Å². The van der Waals surface area contributed by atoms with Gasteiger partial charge in [-0.25, -0.2) is 14.0 Å². The summed E-state index contributed by atoms with van der Waals surface area (Å²) < 4.78 is 24.0. The SMILES string of the molecule is C[C@H](NC(=O)OC(C)(C)C)[C@@](F)(Cl)C(=O)OC(C)(C)C. The molecular weight excluding hydrogens is 289 g/mol. The molecule has 1 amide bonds. The molecule has 0 saturated carbocycles. The summed E-state index contributed by atoms with van der Waals surface area (Å²) in [6.45, 7) is 11.0. The first-order chi connectivity index (χ1) is 8.65. The van der Waals surface area contributed by atoms with Crippen LogP contribution in [0.5, 0.6) is 0 Å². The fraction of sp³-hybridized carbons (Fsp3) is 0.846. The van der Waals surface area contributed by atoms with E-state index in [-0.39, 0.29) is 0 Å². The van der Waals surface area contributed by atoms with Crippen LogP contribution in [0.4, 0.5) is 9.18 Å². The van der Waals surface area contributed by atoms with Crippen molar-refractivity contribution in [3.05, 3.63) is 0 Å². The van der Waals surface area contributed by atoms with Gasteiger partial charge >= 0.3 is 12.1 Å². The minimum absolute atomic E-state index is 0.735. The number of halogens is 2. The van der Waals surface area contributed by atoms with Crippen molar-refractivity contribution in [2.75, 3.05) is 0 Å². The zero-order chi connectivity index (χ0) is 16.4. The van der Waals surface area contributed by atoms with Crippen molar-refractivity contribution >= 4 is 23.7 Å². The summed E-state index contributed by atoms with van der Waals surface area (Å²) in [6.07, 6.45) is -0.865. The molecule has 2 atom stereocenters. The third-order valence-corrected chi connectivity index (χ3v) is 2.43. The average molecular weight is 312 g/mol. The molecule has 0 radical (unpaired) electrons. The Bertz CT molecular complexity index is 372. The van der Waals surface area contributed by atoms with Crippen LogP contribution in [0.1, 0.15) is 48.5 Å². The topological polar surface area (TPSA) is 64.6 Å². The third-order valence-electron chi connectivity index (χ3n) is 1.95. The maximum absolute atomic E-state index is 14.2. The predicted molar refractivity (Wildman–Crippen MR) is 74.4 cm³/mol. The molecule has 7 heteroatoms. The molecule has 0 aromatic heterocycles. The predicted octanol–water partition coefficient (Wildman–Crippen LogP) is 3.15. The standard InChI is InChI=1S/C13H23ClFNO4/c1-8(16-10(18)20-12(5,6)7)13(14,15)9(17)19-11(2,3)4/h8H,1-7H3,(H,16,18)/t8-,13-/m0/s1. The van der Waals surface area contributed by atoms with Crippen LogP contribution >= 0.6 is 11.6 Å². The fourth-order valence-corrected chi connectivity index (χ4v) is 1.19. The second kappa shape index (κ2) is 6.16. The smallest absolute Gasteiger partial charge is 0.408 e. The van der Waals surface area contributed by atoms with E-state index in [9.17, 15) is 14.0 Å². The van der Waals surface area contributed by atoms with Crippen molar-refractivity contribution < 1.29 is 23.5 Å². The fourth-order valence-electron chi connectivity index (χ4n) is 1.10. The van der Waals surface area contributed by atoms with Crippen LogP contribution in [0.25, 0.3) is 0 Å². The summed E-state index contributed by atoms with van der Waals surface area (Å²) in [6, 6.07) is -1.31. The summed E-state index contributed by atoms with van der Waals surface area (Å²) >= 11 is 5.55. The number of ether oxygens (including phenoxy) is 2. The van der Waals surface area contributed by atoms with Gasteiger partial charge < -0.3 is 14.8 Å². The Hall–Kier alpha value is -1.04. The van der Waals surface area contributed by atoms with Crippen LogP contribution < -0.4 is 5.32 Å². The Morgan fingerprint density at radius 2 is 1.45 bits per heavy atom. The summed E-state index contributed by atoms with van der Waals surface area (Å²) in [5, 5.41) is -0.696. The molecule has 0 aliphatic carbocycles. The van der Waals surface area contributed by atoms with Crippen LogP contribution in [-0.4, -0.2) is 34.4 Å². The molecule has 5 nitrogen and oxygen atoms in total. The lowest BCUT2D eigenvalue weighted by Crippen LogP contribution is -2.52. The van der Waals surface area contributed by atoms with Gasteiger partial charge in [0.1, 0.15) is 11.2 Å². The summed E-state index contributed by atoms with van der Waals surface area (Å²) in [7, 11) is 0. The zero-order valence-electron chi connectivity index (χ0n) is 13.0. The number of rotatable bonds is 3. The molecule has 0 spiro atoms. The molecule has 0 saturated heterocycles. The molecular formula is C13H23ClFNO4. The quantitative estimate of drug-likeness (QED) is 0.642. The third kappa shape index (κ3) is 6.93. The Kier molecular flexibility index (Phi) is 5.84. The summed E-state index contributed by atoms with van der Waals surface area (Å²) in [5.41, 5.74) is -1.62. The highest BCUT2D eigenvalue weighted by Gasteiger charge is 2.46. The van der Waals surface area contributed by atoms with Gasteiger partial charge in [0.25, 0.3) is 5.13 Å². The Morgan fingerprint density at radius 3 is 1.80 bits per heavy atom. The van der Waals surface area contributed by atoms with Gasteiger partial charge in [-0.15, -0.1) is 0 Å². The average Bonchev–Trinajstić information content (AvgIpc) is 2.10. The highest BCUT2D eigenvalue weighted by atomic mass is 35.5. The number of carbonyl (C=O) groups excluding carboxylic acids is 2. The van der Waals surface area contributed by atoms with E-state index in [4.69, 9.17) is 21.1 Å². The molecule has 0 aromatic carbocycles. The van der Waals surface area contributed by atoms with Crippen LogP contribution in [0, 0.1) is 0 Å². The normalized spacial score (nSPS) is 16.9. The second-order valence-electron chi connectivity index (χ2n) is 6.49. The van der Waals surface area contributed by atoms with Gasteiger partial charge in [-0.2, -0.15) is 0 Å². The highest BCUT2D eigenvalue weighted by Crippen LogP contribution is 2.26. The van der Waals surface area contributed by atoms with Crippen LogP contribution in [0.2, 0.25) is 0 Å². The highest BCUT2D eigenvalue weighted by molar-refractivity contribution is 6.33. The van der Waals surface area contributed by atoms with Gasteiger partial charge in [-0.1, -0.05) is 11.6 Å². The molecule has 0 aromatic rings. The lowest BCUT2D eigenvalue weighted by molar-refractivity contribution is -0.164. The van der Waals surface area contributed by atoms with Crippen LogP contribution in [0.3, 0.4) is 0 Å². The van der Waals surface area contributed by atoms with Gasteiger partial charge in [0, 0.05) is 0 Å². The largest absolute Gasteiger partial charge is 0.457 e.